The first-order valence-electron chi connectivity index (χ1n) is 6.75. The van der Waals surface area contributed by atoms with Gasteiger partial charge in [-0.15, -0.1) is 0 Å². The van der Waals surface area contributed by atoms with Crippen molar-refractivity contribution < 1.29 is 4.74 Å². The molecule has 0 saturated heterocycles. The molecule has 2 aliphatic rings. The van der Waals surface area contributed by atoms with Crippen molar-refractivity contribution in [1.82, 2.24) is 4.98 Å². The molecular weight excluding hydrogens is 292 g/mol. The number of nitrogens with one attached hydrogen (secondary N) is 1. The van der Waals surface area contributed by atoms with Gasteiger partial charge in [0.1, 0.15) is 4.60 Å². The number of hydrogen-bond acceptors (Lipinski definition) is 3. The van der Waals surface area contributed by atoms with Gasteiger partial charge >= 0.3 is 0 Å². The second-order valence-electron chi connectivity index (χ2n) is 5.31. The first-order chi connectivity index (χ1) is 8.76. The first-order valence-corrected chi connectivity index (χ1v) is 7.54. The molecule has 1 aromatic rings. The van der Waals surface area contributed by atoms with E-state index in [2.05, 4.69) is 39.2 Å². The Balaban J connectivity index is 1.70. The summed E-state index contributed by atoms with van der Waals surface area (Å²) in [5, 5.41) is 3.64. The normalized spacial score (nSPS) is 28.6. The molecule has 3 rings (SSSR count). The van der Waals surface area contributed by atoms with Crippen LogP contribution in [0, 0.1) is 5.41 Å². The minimum absolute atomic E-state index is 0.394. The molecule has 2 unspecified atom stereocenters. The minimum atomic E-state index is 0.394. The summed E-state index contributed by atoms with van der Waals surface area (Å²) in [6, 6.07) is 4.60. The van der Waals surface area contributed by atoms with Crippen molar-refractivity contribution in [3.05, 3.63) is 22.9 Å². The van der Waals surface area contributed by atoms with Crippen molar-refractivity contribution in [3.63, 3.8) is 0 Å². The van der Waals surface area contributed by atoms with E-state index in [1.165, 1.54) is 19.3 Å². The smallest absolute Gasteiger partial charge is 0.129 e. The number of aromatic nitrogens is 1. The van der Waals surface area contributed by atoms with Crippen LogP contribution in [-0.4, -0.2) is 23.7 Å². The molecule has 2 aliphatic carbocycles. The molecule has 0 amide bonds. The molecule has 0 radical (unpaired) electrons. The van der Waals surface area contributed by atoms with Crippen LogP contribution in [0.4, 0.5) is 5.69 Å². The summed E-state index contributed by atoms with van der Waals surface area (Å²) in [4.78, 5) is 4.26. The molecule has 1 aromatic heterocycles. The van der Waals surface area contributed by atoms with Crippen LogP contribution >= 0.6 is 15.9 Å². The number of pyridine rings is 1. The summed E-state index contributed by atoms with van der Waals surface area (Å²) in [5.41, 5.74) is 1.49. The fourth-order valence-corrected chi connectivity index (χ4v) is 3.69. The van der Waals surface area contributed by atoms with E-state index in [0.29, 0.717) is 17.6 Å². The predicted octanol–water partition coefficient (Wildman–Crippen LogP) is 3.60. The Bertz CT molecular complexity index is 434. The maximum absolute atomic E-state index is 5.87. The third kappa shape index (κ3) is 1.86. The highest BCUT2D eigenvalue weighted by Crippen LogP contribution is 2.58. The van der Waals surface area contributed by atoms with Gasteiger partial charge < -0.3 is 10.1 Å². The molecule has 0 aliphatic heterocycles. The maximum atomic E-state index is 5.87. The molecule has 0 aromatic carbocycles. The Morgan fingerprint density at radius 1 is 1.56 bits per heavy atom. The standard InChI is InChI=1S/C14H19BrN2O/c1-2-18-12-9-11(14(12)6-4-7-14)17-10-5-3-8-16-13(10)15/h3,5,8,11-12,17H,2,4,6-7,9H2,1H3. The lowest BCUT2D eigenvalue weighted by atomic mass is 9.51. The largest absolute Gasteiger partial charge is 0.379 e. The summed E-state index contributed by atoms with van der Waals surface area (Å²) in [5.74, 6) is 0. The number of nitrogens with zero attached hydrogens (tertiary/aromatic N) is 1. The molecule has 2 atom stereocenters. The van der Waals surface area contributed by atoms with Crippen LogP contribution in [-0.2, 0) is 4.74 Å². The van der Waals surface area contributed by atoms with Gasteiger partial charge in [0, 0.05) is 24.3 Å². The van der Waals surface area contributed by atoms with Crippen molar-refractivity contribution in [1.29, 1.82) is 0 Å². The van der Waals surface area contributed by atoms with Gasteiger partial charge in [-0.2, -0.15) is 0 Å². The van der Waals surface area contributed by atoms with Gasteiger partial charge in [-0.3, -0.25) is 0 Å². The molecule has 2 fully saturated rings. The monoisotopic (exact) mass is 310 g/mol. The van der Waals surface area contributed by atoms with Gasteiger partial charge in [-0.1, -0.05) is 6.42 Å². The summed E-state index contributed by atoms with van der Waals surface area (Å²) in [6.45, 7) is 2.92. The third-order valence-corrected chi connectivity index (χ3v) is 5.16. The molecule has 2 saturated carbocycles. The molecule has 1 N–H and O–H groups in total. The van der Waals surface area contributed by atoms with E-state index < -0.39 is 0 Å². The van der Waals surface area contributed by atoms with Gasteiger partial charge in [0.25, 0.3) is 0 Å². The van der Waals surface area contributed by atoms with Crippen LogP contribution < -0.4 is 5.32 Å². The van der Waals surface area contributed by atoms with Gasteiger partial charge in [0.2, 0.25) is 0 Å². The van der Waals surface area contributed by atoms with Crippen LogP contribution in [0.3, 0.4) is 0 Å². The fourth-order valence-electron chi connectivity index (χ4n) is 3.32. The Morgan fingerprint density at radius 2 is 2.39 bits per heavy atom. The van der Waals surface area contributed by atoms with E-state index in [0.717, 1.165) is 23.3 Å². The molecule has 1 spiro atoms. The molecule has 98 valence electrons. The van der Waals surface area contributed by atoms with Gasteiger partial charge in [0.15, 0.2) is 0 Å². The highest BCUT2D eigenvalue weighted by atomic mass is 79.9. The summed E-state index contributed by atoms with van der Waals surface area (Å²) < 4.78 is 6.77. The van der Waals surface area contributed by atoms with Crippen molar-refractivity contribution in [2.24, 2.45) is 5.41 Å². The van der Waals surface area contributed by atoms with Gasteiger partial charge in [-0.25, -0.2) is 4.98 Å². The lowest BCUT2D eigenvalue weighted by molar-refractivity contribution is -0.157. The van der Waals surface area contributed by atoms with E-state index in [-0.39, 0.29) is 0 Å². The molecule has 1 heterocycles. The number of halogens is 1. The van der Waals surface area contributed by atoms with Gasteiger partial charge in [0.05, 0.1) is 11.8 Å². The lowest BCUT2D eigenvalue weighted by Gasteiger charge is -2.61. The average Bonchev–Trinajstić information content (AvgIpc) is 2.28. The topological polar surface area (TPSA) is 34.1 Å². The third-order valence-electron chi connectivity index (χ3n) is 4.53. The Kier molecular flexibility index (Phi) is 3.32. The lowest BCUT2D eigenvalue weighted by Crippen LogP contribution is -2.64. The van der Waals surface area contributed by atoms with Crippen molar-refractivity contribution in [2.75, 3.05) is 11.9 Å². The second kappa shape index (κ2) is 4.82. The van der Waals surface area contributed by atoms with E-state index >= 15 is 0 Å². The molecular formula is C14H19BrN2O. The molecule has 18 heavy (non-hydrogen) atoms. The van der Waals surface area contributed by atoms with Crippen molar-refractivity contribution in [3.8, 4) is 0 Å². The van der Waals surface area contributed by atoms with Crippen molar-refractivity contribution >= 4 is 21.6 Å². The van der Waals surface area contributed by atoms with E-state index in [4.69, 9.17) is 4.74 Å². The number of anilines is 1. The Labute approximate surface area is 116 Å². The highest BCUT2D eigenvalue weighted by molar-refractivity contribution is 9.10. The molecule has 3 nitrogen and oxygen atoms in total. The Morgan fingerprint density at radius 3 is 3.00 bits per heavy atom. The van der Waals surface area contributed by atoms with E-state index in [9.17, 15) is 0 Å². The predicted molar refractivity (Wildman–Crippen MR) is 75.7 cm³/mol. The second-order valence-corrected chi connectivity index (χ2v) is 6.06. The minimum Gasteiger partial charge on any atom is -0.379 e. The van der Waals surface area contributed by atoms with Gasteiger partial charge in [-0.05, 0) is 54.2 Å². The number of rotatable bonds is 4. The molecule has 4 heteroatoms. The van der Waals surface area contributed by atoms with Crippen LogP contribution in [0.15, 0.2) is 22.9 Å². The Hall–Kier alpha value is -0.610. The summed E-state index contributed by atoms with van der Waals surface area (Å²) in [7, 11) is 0. The van der Waals surface area contributed by atoms with Crippen LogP contribution in [0.5, 0.6) is 0 Å². The van der Waals surface area contributed by atoms with Crippen molar-refractivity contribution in [2.45, 2.75) is 44.8 Å². The fraction of sp³-hybridized carbons (Fsp3) is 0.643. The van der Waals surface area contributed by atoms with E-state index in [1.807, 2.05) is 6.07 Å². The number of hydrogen-bond donors (Lipinski definition) is 1. The zero-order valence-corrected chi connectivity index (χ0v) is 12.2. The molecule has 0 bridgehead atoms. The first kappa shape index (κ1) is 12.4. The van der Waals surface area contributed by atoms with Crippen LogP contribution in [0.1, 0.15) is 32.6 Å². The van der Waals surface area contributed by atoms with Crippen LogP contribution in [0.2, 0.25) is 0 Å². The zero-order valence-electron chi connectivity index (χ0n) is 10.7. The SMILES string of the molecule is CCOC1CC(Nc2cccnc2Br)C12CCC2. The zero-order chi connectivity index (χ0) is 12.6. The van der Waals surface area contributed by atoms with Crippen LogP contribution in [0.25, 0.3) is 0 Å². The quantitative estimate of drug-likeness (QED) is 0.863. The average molecular weight is 311 g/mol. The number of ether oxygens (including phenoxy) is 1. The summed E-state index contributed by atoms with van der Waals surface area (Å²) >= 11 is 3.50. The van der Waals surface area contributed by atoms with E-state index in [1.54, 1.807) is 6.20 Å². The maximum Gasteiger partial charge on any atom is 0.129 e. The highest BCUT2D eigenvalue weighted by Gasteiger charge is 2.58. The summed E-state index contributed by atoms with van der Waals surface area (Å²) in [6.07, 6.45) is 7.33.